The number of aryl methyl sites for hydroxylation is 1. The van der Waals surface area contributed by atoms with Crippen molar-refractivity contribution in [3.8, 4) is 0 Å². The van der Waals surface area contributed by atoms with Crippen LogP contribution in [0, 0.1) is 6.92 Å². The molecule has 0 radical (unpaired) electrons. The zero-order valence-corrected chi connectivity index (χ0v) is 13.3. The predicted molar refractivity (Wildman–Crippen MR) is 91.2 cm³/mol. The second kappa shape index (κ2) is 5.93. The lowest BCUT2D eigenvalue weighted by molar-refractivity contribution is 0.607. The third-order valence-electron chi connectivity index (χ3n) is 3.79. The van der Waals surface area contributed by atoms with Crippen molar-refractivity contribution in [1.29, 1.82) is 0 Å². The molecule has 112 valence electrons. The Morgan fingerprint density at radius 3 is 2.32 bits per heavy atom. The van der Waals surface area contributed by atoms with Crippen molar-refractivity contribution in [2.45, 2.75) is 13.3 Å². The van der Waals surface area contributed by atoms with Crippen LogP contribution < -0.4 is 0 Å². The van der Waals surface area contributed by atoms with E-state index < -0.39 is 9.84 Å². The fourth-order valence-electron chi connectivity index (χ4n) is 2.64. The molecule has 2 aromatic rings. The van der Waals surface area contributed by atoms with Crippen LogP contribution in [0.4, 0.5) is 0 Å². The molecule has 0 atom stereocenters. The molecule has 0 unspecified atom stereocenters. The van der Waals surface area contributed by atoms with Crippen molar-refractivity contribution in [3.05, 3.63) is 88.3 Å². The molecule has 0 amide bonds. The van der Waals surface area contributed by atoms with Crippen LogP contribution in [0.1, 0.15) is 16.7 Å². The molecule has 0 N–H and O–H groups in total. The van der Waals surface area contributed by atoms with Gasteiger partial charge in [0.05, 0.1) is 5.75 Å². The monoisotopic (exact) mass is 310 g/mol. The Labute approximate surface area is 131 Å². The summed E-state index contributed by atoms with van der Waals surface area (Å²) in [6.07, 6.45) is 2.45. The number of rotatable bonds is 3. The first-order chi connectivity index (χ1) is 10.5. The Kier molecular flexibility index (Phi) is 3.99. The number of hydrogen-bond donors (Lipinski definition) is 0. The lowest BCUT2D eigenvalue weighted by Crippen LogP contribution is -2.10. The molecule has 0 aliphatic carbocycles. The summed E-state index contributed by atoms with van der Waals surface area (Å²) in [4.78, 5) is 0. The molecule has 3 rings (SSSR count). The topological polar surface area (TPSA) is 34.1 Å². The molecule has 0 saturated heterocycles. The van der Waals surface area contributed by atoms with E-state index in [0.29, 0.717) is 6.42 Å². The highest BCUT2D eigenvalue weighted by Gasteiger charge is 2.19. The zero-order chi connectivity index (χ0) is 15.6. The van der Waals surface area contributed by atoms with Gasteiger partial charge in [0.25, 0.3) is 0 Å². The van der Waals surface area contributed by atoms with E-state index in [4.69, 9.17) is 0 Å². The molecule has 0 fully saturated rings. The molecule has 0 spiro atoms. The van der Waals surface area contributed by atoms with E-state index in [1.54, 1.807) is 0 Å². The van der Waals surface area contributed by atoms with Crippen LogP contribution in [-0.4, -0.2) is 14.2 Å². The van der Waals surface area contributed by atoms with Gasteiger partial charge in [-0.3, -0.25) is 0 Å². The second-order valence-electron chi connectivity index (χ2n) is 5.62. The van der Waals surface area contributed by atoms with E-state index in [2.05, 4.69) is 24.3 Å². The Hall–Kier alpha value is -2.13. The van der Waals surface area contributed by atoms with Crippen LogP contribution in [0.3, 0.4) is 0 Å². The molecule has 1 heterocycles. The fraction of sp³-hybridized carbons (Fsp3) is 0.158. The Morgan fingerprint density at radius 1 is 0.955 bits per heavy atom. The van der Waals surface area contributed by atoms with Gasteiger partial charge in [0, 0.05) is 5.41 Å². The first-order valence-electron chi connectivity index (χ1n) is 7.28. The minimum Gasteiger partial charge on any atom is -0.224 e. The first kappa shape index (κ1) is 14.8. The summed E-state index contributed by atoms with van der Waals surface area (Å²) in [6, 6.07) is 18.2. The standard InChI is InChI=1S/C19H18O2S/c1-15-7-9-16(10-8-15)13-18-14-22(20,21)12-11-19(18)17-5-3-2-4-6-17/h2-11,14H,12-13H2,1H3. The van der Waals surface area contributed by atoms with Gasteiger partial charge in [0.1, 0.15) is 0 Å². The smallest absolute Gasteiger partial charge is 0.175 e. The molecule has 0 saturated carbocycles. The van der Waals surface area contributed by atoms with E-state index in [1.165, 1.54) is 11.0 Å². The second-order valence-corrected chi connectivity index (χ2v) is 7.51. The van der Waals surface area contributed by atoms with E-state index in [1.807, 2.05) is 43.3 Å². The first-order valence-corrected chi connectivity index (χ1v) is 9.00. The summed E-state index contributed by atoms with van der Waals surface area (Å²) >= 11 is 0. The molecule has 22 heavy (non-hydrogen) atoms. The maximum Gasteiger partial charge on any atom is 0.175 e. The zero-order valence-electron chi connectivity index (χ0n) is 12.5. The molecule has 3 heteroatoms. The van der Waals surface area contributed by atoms with Gasteiger partial charge in [0.2, 0.25) is 0 Å². The van der Waals surface area contributed by atoms with Crippen molar-refractivity contribution in [2.75, 3.05) is 5.75 Å². The Bertz CT molecular complexity index is 827. The molecule has 0 bridgehead atoms. The summed E-state index contributed by atoms with van der Waals surface area (Å²) in [5, 5.41) is 1.44. The van der Waals surface area contributed by atoms with Crippen molar-refractivity contribution in [3.63, 3.8) is 0 Å². The van der Waals surface area contributed by atoms with E-state index in [-0.39, 0.29) is 5.75 Å². The van der Waals surface area contributed by atoms with Crippen molar-refractivity contribution >= 4 is 15.4 Å². The average Bonchev–Trinajstić information content (AvgIpc) is 2.50. The largest absolute Gasteiger partial charge is 0.224 e. The van der Waals surface area contributed by atoms with Crippen molar-refractivity contribution in [2.24, 2.45) is 0 Å². The van der Waals surface area contributed by atoms with Crippen LogP contribution in [0.2, 0.25) is 0 Å². The SMILES string of the molecule is Cc1ccc(CC2=CS(=O)(=O)CC=C2c2ccccc2)cc1. The van der Waals surface area contributed by atoms with Crippen LogP contribution in [0.5, 0.6) is 0 Å². The highest BCUT2D eigenvalue weighted by Crippen LogP contribution is 2.30. The summed E-state index contributed by atoms with van der Waals surface area (Å²) in [5.74, 6) is 0.0780. The number of allylic oxidation sites excluding steroid dienone is 2. The molecular formula is C19H18O2S. The molecule has 1 aliphatic rings. The summed E-state index contributed by atoms with van der Waals surface area (Å²) in [5.41, 5.74) is 5.27. The summed E-state index contributed by atoms with van der Waals surface area (Å²) < 4.78 is 23.9. The van der Waals surface area contributed by atoms with Gasteiger partial charge in [-0.1, -0.05) is 66.2 Å². The van der Waals surface area contributed by atoms with Crippen LogP contribution in [0.15, 0.2) is 71.7 Å². The quantitative estimate of drug-likeness (QED) is 0.860. The van der Waals surface area contributed by atoms with Crippen molar-refractivity contribution < 1.29 is 8.42 Å². The molecule has 1 aliphatic heterocycles. The van der Waals surface area contributed by atoms with Gasteiger partial charge in [0.15, 0.2) is 9.84 Å². The fourth-order valence-corrected chi connectivity index (χ4v) is 3.78. The third-order valence-corrected chi connectivity index (χ3v) is 5.06. The lowest BCUT2D eigenvalue weighted by Gasteiger charge is -2.17. The molecule has 2 nitrogen and oxygen atoms in total. The normalized spacial score (nSPS) is 16.8. The number of benzene rings is 2. The van der Waals surface area contributed by atoms with Gasteiger partial charge in [-0.15, -0.1) is 0 Å². The lowest BCUT2D eigenvalue weighted by atomic mass is 9.93. The molecule has 0 aromatic heterocycles. The van der Waals surface area contributed by atoms with Gasteiger partial charge in [-0.05, 0) is 35.6 Å². The van der Waals surface area contributed by atoms with Crippen molar-refractivity contribution in [1.82, 2.24) is 0 Å². The number of sulfone groups is 1. The van der Waals surface area contributed by atoms with Crippen LogP contribution >= 0.6 is 0 Å². The van der Waals surface area contributed by atoms with Crippen LogP contribution in [-0.2, 0) is 16.3 Å². The van der Waals surface area contributed by atoms with Gasteiger partial charge < -0.3 is 0 Å². The van der Waals surface area contributed by atoms with Crippen LogP contribution in [0.25, 0.3) is 5.57 Å². The predicted octanol–water partition coefficient (Wildman–Crippen LogP) is 3.93. The maximum atomic E-state index is 12.0. The summed E-state index contributed by atoms with van der Waals surface area (Å²) in [7, 11) is -3.14. The average molecular weight is 310 g/mol. The van der Waals surface area contributed by atoms with E-state index in [9.17, 15) is 8.42 Å². The number of hydrogen-bond acceptors (Lipinski definition) is 2. The maximum absolute atomic E-state index is 12.0. The third kappa shape index (κ3) is 3.37. The Balaban J connectivity index is 1.98. The highest BCUT2D eigenvalue weighted by molar-refractivity contribution is 7.94. The van der Waals surface area contributed by atoms with E-state index in [0.717, 1.165) is 22.3 Å². The minimum absolute atomic E-state index is 0.0780. The Morgan fingerprint density at radius 2 is 1.64 bits per heavy atom. The highest BCUT2D eigenvalue weighted by atomic mass is 32.2. The summed E-state index contributed by atoms with van der Waals surface area (Å²) in [6.45, 7) is 2.05. The minimum atomic E-state index is -3.14. The molecular weight excluding hydrogens is 292 g/mol. The van der Waals surface area contributed by atoms with Gasteiger partial charge in [-0.25, -0.2) is 8.42 Å². The van der Waals surface area contributed by atoms with E-state index >= 15 is 0 Å². The van der Waals surface area contributed by atoms with Gasteiger partial charge >= 0.3 is 0 Å². The van der Waals surface area contributed by atoms with Gasteiger partial charge in [-0.2, -0.15) is 0 Å². The molecule has 2 aromatic carbocycles.